The quantitative estimate of drug-likeness (QED) is 0.572. The van der Waals surface area contributed by atoms with E-state index in [1.54, 1.807) is 0 Å². The molecule has 0 aliphatic rings. The van der Waals surface area contributed by atoms with E-state index in [2.05, 4.69) is 31.4 Å². The summed E-state index contributed by atoms with van der Waals surface area (Å²) in [5.41, 5.74) is -0.214. The Morgan fingerprint density at radius 3 is 1.96 bits per heavy atom. The van der Waals surface area contributed by atoms with Crippen LogP contribution in [0.3, 0.4) is 0 Å². The Labute approximate surface area is 141 Å². The zero-order valence-electron chi connectivity index (χ0n) is 15.9. The molecule has 0 atom stereocenters. The molecule has 136 valence electrons. The smallest absolute Gasteiger partial charge is 0.220 e. The molecule has 0 saturated heterocycles. The molecule has 5 heteroatoms. The van der Waals surface area contributed by atoms with Crippen molar-refractivity contribution in [2.45, 2.75) is 72.8 Å². The zero-order chi connectivity index (χ0) is 17.9. The summed E-state index contributed by atoms with van der Waals surface area (Å²) < 4.78 is 5.53. The monoisotopic (exact) mass is 328 g/mol. The Kier molecular flexibility index (Phi) is 10.3. The number of nitrogens with one attached hydrogen (secondary N) is 2. The van der Waals surface area contributed by atoms with Gasteiger partial charge in [0.1, 0.15) is 5.78 Å². The summed E-state index contributed by atoms with van der Waals surface area (Å²) in [5, 5.41) is 6.24. The third kappa shape index (κ3) is 14.4. The fraction of sp³-hybridized carbons (Fsp3) is 0.889. The lowest BCUT2D eigenvalue weighted by Crippen LogP contribution is -2.36. The van der Waals surface area contributed by atoms with Gasteiger partial charge < -0.3 is 15.4 Å². The van der Waals surface area contributed by atoms with Crippen LogP contribution in [-0.2, 0) is 14.3 Å². The van der Waals surface area contributed by atoms with Crippen molar-refractivity contribution in [3.8, 4) is 0 Å². The van der Waals surface area contributed by atoms with Crippen molar-refractivity contribution < 1.29 is 14.3 Å². The number of Topliss-reactive ketones (excluding diaryl/α,β-unsaturated/α-hetero) is 1. The topological polar surface area (TPSA) is 67.4 Å². The predicted octanol–water partition coefficient (Wildman–Crippen LogP) is 2.68. The number of ketones is 1. The molecule has 0 bridgehead atoms. The summed E-state index contributed by atoms with van der Waals surface area (Å²) in [4.78, 5) is 23.4. The van der Waals surface area contributed by atoms with Gasteiger partial charge in [-0.25, -0.2) is 0 Å². The van der Waals surface area contributed by atoms with Gasteiger partial charge >= 0.3 is 0 Å². The lowest BCUT2D eigenvalue weighted by molar-refractivity contribution is -0.129. The number of hydrogen-bond acceptors (Lipinski definition) is 4. The van der Waals surface area contributed by atoms with Crippen LogP contribution in [0.2, 0.25) is 0 Å². The maximum absolute atomic E-state index is 11.7. The Hall–Kier alpha value is -0.940. The summed E-state index contributed by atoms with van der Waals surface area (Å²) in [7, 11) is 0. The van der Waals surface area contributed by atoms with Crippen LogP contribution in [0.25, 0.3) is 0 Å². The molecule has 0 heterocycles. The molecule has 0 radical (unpaired) electrons. The van der Waals surface area contributed by atoms with Crippen LogP contribution in [0.1, 0.15) is 67.2 Å². The van der Waals surface area contributed by atoms with Crippen LogP contribution < -0.4 is 10.6 Å². The van der Waals surface area contributed by atoms with E-state index < -0.39 is 0 Å². The van der Waals surface area contributed by atoms with E-state index in [0.717, 1.165) is 26.0 Å². The highest BCUT2D eigenvalue weighted by Gasteiger charge is 2.21. The Balaban J connectivity index is 3.45. The van der Waals surface area contributed by atoms with E-state index in [-0.39, 0.29) is 29.1 Å². The number of ether oxygens (including phenoxy) is 1. The van der Waals surface area contributed by atoms with Crippen LogP contribution in [0.4, 0.5) is 0 Å². The fourth-order valence-corrected chi connectivity index (χ4v) is 1.83. The molecular weight excluding hydrogens is 292 g/mol. The zero-order valence-corrected chi connectivity index (χ0v) is 15.9. The Morgan fingerprint density at radius 2 is 1.43 bits per heavy atom. The molecule has 23 heavy (non-hydrogen) atoms. The molecule has 0 saturated carbocycles. The lowest BCUT2D eigenvalue weighted by Gasteiger charge is -2.20. The molecule has 2 N–H and O–H groups in total. The number of amides is 1. The lowest BCUT2D eigenvalue weighted by atomic mass is 9.88. The van der Waals surface area contributed by atoms with Gasteiger partial charge in [-0.05, 0) is 40.2 Å². The van der Waals surface area contributed by atoms with Gasteiger partial charge in [0.25, 0.3) is 0 Å². The predicted molar refractivity (Wildman–Crippen MR) is 94.5 cm³/mol. The molecule has 0 rings (SSSR count). The van der Waals surface area contributed by atoms with Gasteiger partial charge in [0, 0.05) is 43.6 Å². The molecular formula is C18H36N2O3. The summed E-state index contributed by atoms with van der Waals surface area (Å²) in [5.74, 6) is 0.0665. The molecule has 0 aliphatic carbocycles. The summed E-state index contributed by atoms with van der Waals surface area (Å²) in [6, 6.07) is 0. The molecule has 0 aromatic rings. The van der Waals surface area contributed by atoms with E-state index in [1.807, 2.05) is 20.8 Å². The van der Waals surface area contributed by atoms with E-state index in [9.17, 15) is 9.59 Å². The van der Waals surface area contributed by atoms with Gasteiger partial charge in [-0.1, -0.05) is 20.8 Å². The first-order valence-corrected chi connectivity index (χ1v) is 8.65. The van der Waals surface area contributed by atoms with Crippen LogP contribution in [0.5, 0.6) is 0 Å². The van der Waals surface area contributed by atoms with Gasteiger partial charge in [-0.15, -0.1) is 0 Å². The average Bonchev–Trinajstić information content (AvgIpc) is 2.40. The van der Waals surface area contributed by atoms with Crippen LogP contribution >= 0.6 is 0 Å². The first-order valence-electron chi connectivity index (χ1n) is 8.65. The first-order chi connectivity index (χ1) is 10.5. The number of rotatable bonds is 11. The van der Waals surface area contributed by atoms with Crippen molar-refractivity contribution >= 4 is 11.7 Å². The van der Waals surface area contributed by atoms with Crippen LogP contribution in [-0.4, -0.2) is 43.5 Å². The maximum Gasteiger partial charge on any atom is 0.220 e. The minimum atomic E-state index is -0.365. The van der Waals surface area contributed by atoms with Crippen molar-refractivity contribution in [3.05, 3.63) is 0 Å². The minimum Gasteiger partial charge on any atom is -0.381 e. The third-order valence-corrected chi connectivity index (χ3v) is 3.32. The van der Waals surface area contributed by atoms with E-state index >= 15 is 0 Å². The van der Waals surface area contributed by atoms with Gasteiger partial charge in [-0.2, -0.15) is 0 Å². The molecule has 0 spiro atoms. The second-order valence-corrected chi connectivity index (χ2v) is 8.02. The van der Waals surface area contributed by atoms with Gasteiger partial charge in [-0.3, -0.25) is 9.59 Å². The summed E-state index contributed by atoms with van der Waals surface area (Å²) >= 11 is 0. The maximum atomic E-state index is 11.7. The normalized spacial score (nSPS) is 12.3. The number of carbonyl (C=O) groups excluding carboxylic acids is 2. The highest BCUT2D eigenvalue weighted by Crippen LogP contribution is 2.17. The standard InChI is InChI=1S/C18H36N2O3/c1-17(2,3)15(21)9-10-16(22)19-11-7-13-23-14-8-12-20-18(4,5)6/h20H,7-14H2,1-6H3,(H,19,22). The molecule has 0 aromatic heterocycles. The van der Waals surface area contributed by atoms with E-state index in [0.29, 0.717) is 19.6 Å². The molecule has 5 nitrogen and oxygen atoms in total. The number of hydrogen-bond donors (Lipinski definition) is 2. The molecule has 0 unspecified atom stereocenters. The van der Waals surface area contributed by atoms with E-state index in [1.165, 1.54) is 0 Å². The molecule has 1 amide bonds. The second-order valence-electron chi connectivity index (χ2n) is 8.02. The highest BCUT2D eigenvalue weighted by atomic mass is 16.5. The van der Waals surface area contributed by atoms with Crippen LogP contribution in [0, 0.1) is 5.41 Å². The van der Waals surface area contributed by atoms with Crippen molar-refractivity contribution in [2.24, 2.45) is 5.41 Å². The molecule has 0 aromatic carbocycles. The number of carbonyl (C=O) groups is 2. The highest BCUT2D eigenvalue weighted by molar-refractivity contribution is 5.88. The average molecular weight is 328 g/mol. The van der Waals surface area contributed by atoms with Crippen molar-refractivity contribution in [1.82, 2.24) is 10.6 Å². The largest absolute Gasteiger partial charge is 0.381 e. The SMILES string of the molecule is CC(C)(C)NCCCOCCCNC(=O)CCC(=O)C(C)(C)C. The third-order valence-electron chi connectivity index (χ3n) is 3.32. The summed E-state index contributed by atoms with van der Waals surface area (Å²) in [6.07, 6.45) is 2.37. The molecule has 0 fully saturated rings. The first kappa shape index (κ1) is 22.1. The summed E-state index contributed by atoms with van der Waals surface area (Å²) in [6.45, 7) is 15.0. The van der Waals surface area contributed by atoms with Crippen molar-refractivity contribution in [2.75, 3.05) is 26.3 Å². The van der Waals surface area contributed by atoms with Crippen molar-refractivity contribution in [3.63, 3.8) is 0 Å². The van der Waals surface area contributed by atoms with Crippen LogP contribution in [0.15, 0.2) is 0 Å². The van der Waals surface area contributed by atoms with Crippen molar-refractivity contribution in [1.29, 1.82) is 0 Å². The van der Waals surface area contributed by atoms with Gasteiger partial charge in [0.2, 0.25) is 5.91 Å². The van der Waals surface area contributed by atoms with Gasteiger partial charge in [0.05, 0.1) is 0 Å². The van der Waals surface area contributed by atoms with E-state index in [4.69, 9.17) is 4.74 Å². The second kappa shape index (κ2) is 10.8. The Morgan fingerprint density at radius 1 is 0.870 bits per heavy atom. The fourth-order valence-electron chi connectivity index (χ4n) is 1.83. The minimum absolute atomic E-state index is 0.0584. The Bertz CT molecular complexity index is 354. The molecule has 0 aliphatic heterocycles. The van der Waals surface area contributed by atoms with Gasteiger partial charge in [0.15, 0.2) is 0 Å².